The van der Waals surface area contributed by atoms with Crippen molar-refractivity contribution < 1.29 is 0 Å². The lowest BCUT2D eigenvalue weighted by molar-refractivity contribution is 0.303. The van der Waals surface area contributed by atoms with Gasteiger partial charge in [-0.2, -0.15) is 0 Å². The maximum absolute atomic E-state index is 12.3. The molecule has 3 rings (SSSR count). The summed E-state index contributed by atoms with van der Waals surface area (Å²) in [5.74, 6) is 1.24. The van der Waals surface area contributed by atoms with Gasteiger partial charge in [0.25, 0.3) is 5.56 Å². The summed E-state index contributed by atoms with van der Waals surface area (Å²) >= 11 is 1.44. The Kier molecular flexibility index (Phi) is 4.10. The SMILES string of the molecule is C[C@@H](Cc1nc2cc(-c3cnc[nH]3)sc2c(=O)[nH]1)CC(C)(C)C. The average Bonchev–Trinajstić information content (AvgIpc) is 3.03. The summed E-state index contributed by atoms with van der Waals surface area (Å²) in [5, 5.41) is 0. The van der Waals surface area contributed by atoms with Crippen molar-refractivity contribution in [2.45, 2.75) is 40.5 Å². The Morgan fingerprint density at radius 1 is 1.35 bits per heavy atom. The summed E-state index contributed by atoms with van der Waals surface area (Å²) in [4.78, 5) is 28.0. The van der Waals surface area contributed by atoms with Crippen LogP contribution in [0.15, 0.2) is 23.4 Å². The lowest BCUT2D eigenvalue weighted by Gasteiger charge is -2.22. The third kappa shape index (κ3) is 3.69. The molecule has 1 atom stereocenters. The molecule has 0 unspecified atom stereocenters. The predicted molar refractivity (Wildman–Crippen MR) is 94.8 cm³/mol. The molecule has 5 nitrogen and oxygen atoms in total. The molecule has 0 saturated heterocycles. The minimum Gasteiger partial charge on any atom is -0.344 e. The van der Waals surface area contributed by atoms with Crippen LogP contribution in [0.2, 0.25) is 0 Å². The zero-order valence-electron chi connectivity index (χ0n) is 13.9. The Hall–Kier alpha value is -1.95. The first-order valence-corrected chi connectivity index (χ1v) is 8.65. The van der Waals surface area contributed by atoms with Crippen molar-refractivity contribution in [1.82, 2.24) is 19.9 Å². The average molecular weight is 330 g/mol. The van der Waals surface area contributed by atoms with E-state index in [9.17, 15) is 4.79 Å². The molecular formula is C17H22N4OS. The van der Waals surface area contributed by atoms with E-state index in [1.807, 2.05) is 6.07 Å². The Morgan fingerprint density at radius 2 is 2.13 bits per heavy atom. The number of H-pyrrole nitrogens is 2. The smallest absolute Gasteiger partial charge is 0.268 e. The van der Waals surface area contributed by atoms with Crippen molar-refractivity contribution in [3.05, 3.63) is 34.8 Å². The number of aromatic nitrogens is 4. The molecule has 23 heavy (non-hydrogen) atoms. The number of imidazole rings is 1. The molecule has 122 valence electrons. The van der Waals surface area contributed by atoms with E-state index in [0.29, 0.717) is 10.6 Å². The molecule has 0 aliphatic rings. The maximum Gasteiger partial charge on any atom is 0.268 e. The van der Waals surface area contributed by atoms with E-state index in [4.69, 9.17) is 0 Å². The van der Waals surface area contributed by atoms with Crippen LogP contribution >= 0.6 is 11.3 Å². The number of rotatable bonds is 4. The molecular weight excluding hydrogens is 308 g/mol. The van der Waals surface area contributed by atoms with Crippen LogP contribution in [-0.2, 0) is 6.42 Å². The van der Waals surface area contributed by atoms with Crippen molar-refractivity contribution in [3.8, 4) is 10.6 Å². The number of nitrogens with one attached hydrogen (secondary N) is 2. The molecule has 3 heterocycles. The first-order valence-electron chi connectivity index (χ1n) is 7.83. The molecule has 3 aromatic rings. The zero-order chi connectivity index (χ0) is 16.6. The Morgan fingerprint density at radius 3 is 2.78 bits per heavy atom. The van der Waals surface area contributed by atoms with Crippen molar-refractivity contribution in [3.63, 3.8) is 0 Å². The molecule has 0 aromatic carbocycles. The molecule has 0 saturated carbocycles. The third-order valence-electron chi connectivity index (χ3n) is 3.70. The molecule has 0 radical (unpaired) electrons. The fourth-order valence-corrected chi connectivity index (χ4v) is 4.02. The van der Waals surface area contributed by atoms with Crippen molar-refractivity contribution in [2.75, 3.05) is 0 Å². The van der Waals surface area contributed by atoms with Gasteiger partial charge >= 0.3 is 0 Å². The van der Waals surface area contributed by atoms with Gasteiger partial charge in [0.05, 0.1) is 28.6 Å². The molecule has 0 aliphatic heterocycles. The summed E-state index contributed by atoms with van der Waals surface area (Å²) in [6.45, 7) is 8.91. The zero-order valence-corrected chi connectivity index (χ0v) is 14.8. The minimum absolute atomic E-state index is 0.0521. The van der Waals surface area contributed by atoms with E-state index in [1.54, 1.807) is 12.5 Å². The number of hydrogen-bond donors (Lipinski definition) is 2. The highest BCUT2D eigenvalue weighted by atomic mass is 32.1. The monoisotopic (exact) mass is 330 g/mol. The van der Waals surface area contributed by atoms with E-state index in [2.05, 4.69) is 47.6 Å². The Labute approximate surface area is 139 Å². The third-order valence-corrected chi connectivity index (χ3v) is 4.85. The van der Waals surface area contributed by atoms with E-state index >= 15 is 0 Å². The van der Waals surface area contributed by atoms with Crippen LogP contribution in [0.4, 0.5) is 0 Å². The van der Waals surface area contributed by atoms with Crippen LogP contribution in [0.1, 0.15) is 39.9 Å². The Balaban J connectivity index is 1.90. The highest BCUT2D eigenvalue weighted by Crippen LogP contribution is 2.30. The van der Waals surface area contributed by atoms with E-state index in [-0.39, 0.29) is 11.0 Å². The molecule has 2 N–H and O–H groups in total. The van der Waals surface area contributed by atoms with Crippen LogP contribution in [0.3, 0.4) is 0 Å². The number of thiophene rings is 1. The fraction of sp³-hybridized carbons (Fsp3) is 0.471. The van der Waals surface area contributed by atoms with E-state index in [0.717, 1.165) is 34.8 Å². The van der Waals surface area contributed by atoms with Gasteiger partial charge in [-0.25, -0.2) is 9.97 Å². The molecule has 0 spiro atoms. The van der Waals surface area contributed by atoms with Crippen molar-refractivity contribution in [1.29, 1.82) is 0 Å². The first kappa shape index (κ1) is 15.9. The van der Waals surface area contributed by atoms with Gasteiger partial charge in [0, 0.05) is 6.42 Å². The molecule has 6 heteroatoms. The van der Waals surface area contributed by atoms with Crippen LogP contribution in [-0.4, -0.2) is 19.9 Å². The molecule has 0 aliphatic carbocycles. The minimum atomic E-state index is -0.0521. The van der Waals surface area contributed by atoms with Gasteiger partial charge in [0.1, 0.15) is 10.5 Å². The summed E-state index contributed by atoms with van der Waals surface area (Å²) in [6, 6.07) is 1.96. The van der Waals surface area contributed by atoms with Gasteiger partial charge in [0.15, 0.2) is 0 Å². The lowest BCUT2D eigenvalue weighted by Crippen LogP contribution is -2.16. The van der Waals surface area contributed by atoms with Gasteiger partial charge in [-0.15, -0.1) is 11.3 Å². The number of nitrogens with zero attached hydrogens (tertiary/aromatic N) is 2. The summed E-state index contributed by atoms with van der Waals surface area (Å²) in [7, 11) is 0. The maximum atomic E-state index is 12.3. The second-order valence-corrected chi connectivity index (χ2v) is 8.43. The quantitative estimate of drug-likeness (QED) is 0.759. The largest absolute Gasteiger partial charge is 0.344 e. The Bertz CT molecular complexity index is 855. The predicted octanol–water partition coefficient (Wildman–Crippen LogP) is 3.99. The lowest BCUT2D eigenvalue weighted by atomic mass is 9.84. The van der Waals surface area contributed by atoms with Gasteiger partial charge in [-0.1, -0.05) is 27.7 Å². The first-order chi connectivity index (χ1) is 10.8. The van der Waals surface area contributed by atoms with Gasteiger partial charge in [0.2, 0.25) is 0 Å². The van der Waals surface area contributed by atoms with Crippen molar-refractivity contribution in [2.24, 2.45) is 11.3 Å². The molecule has 0 bridgehead atoms. The van der Waals surface area contributed by atoms with Gasteiger partial charge in [-0.05, 0) is 23.8 Å². The van der Waals surface area contributed by atoms with E-state index < -0.39 is 0 Å². The van der Waals surface area contributed by atoms with Crippen LogP contribution in [0.25, 0.3) is 20.8 Å². The van der Waals surface area contributed by atoms with Gasteiger partial charge in [-0.3, -0.25) is 4.79 Å². The normalized spacial score (nSPS) is 13.6. The second kappa shape index (κ2) is 5.92. The fourth-order valence-electron chi connectivity index (χ4n) is 3.06. The summed E-state index contributed by atoms with van der Waals surface area (Å²) in [6.07, 6.45) is 5.28. The topological polar surface area (TPSA) is 74.4 Å². The molecule has 3 aromatic heterocycles. The van der Waals surface area contributed by atoms with Gasteiger partial charge < -0.3 is 9.97 Å². The van der Waals surface area contributed by atoms with Crippen molar-refractivity contribution >= 4 is 21.6 Å². The summed E-state index contributed by atoms with van der Waals surface area (Å²) < 4.78 is 0.668. The second-order valence-electron chi connectivity index (χ2n) is 7.38. The molecule has 0 amide bonds. The highest BCUT2D eigenvalue weighted by molar-refractivity contribution is 7.22. The number of fused-ring (bicyclic) bond motifs is 1. The molecule has 0 fully saturated rings. The van der Waals surface area contributed by atoms with Crippen LogP contribution in [0.5, 0.6) is 0 Å². The number of aromatic amines is 2. The van der Waals surface area contributed by atoms with Crippen LogP contribution in [0, 0.1) is 11.3 Å². The standard InChI is InChI=1S/C17H22N4OS/c1-10(7-17(2,3)4)5-14-20-11-6-13(12-8-18-9-19-12)23-15(11)16(22)21-14/h6,8-10H,5,7H2,1-4H3,(H,18,19)(H,20,21,22)/t10-/m0/s1. The highest BCUT2D eigenvalue weighted by Gasteiger charge is 2.17. The number of hydrogen-bond acceptors (Lipinski definition) is 4. The van der Waals surface area contributed by atoms with Crippen LogP contribution < -0.4 is 5.56 Å². The van der Waals surface area contributed by atoms with E-state index in [1.165, 1.54) is 11.3 Å². The summed E-state index contributed by atoms with van der Waals surface area (Å²) in [5.41, 5.74) is 1.90.